The Bertz CT molecular complexity index is 309. The van der Waals surface area contributed by atoms with Crippen molar-refractivity contribution in [2.75, 3.05) is 26.2 Å². The smallest absolute Gasteiger partial charge is 0.225 e. The quantitative estimate of drug-likeness (QED) is 0.751. The molecular weight excluding hydrogens is 234 g/mol. The normalized spacial score (nSPS) is 24.2. The van der Waals surface area contributed by atoms with Crippen molar-refractivity contribution in [1.82, 2.24) is 9.80 Å². The van der Waals surface area contributed by atoms with Gasteiger partial charge in [0, 0.05) is 32.1 Å². The molecule has 2 fully saturated rings. The van der Waals surface area contributed by atoms with Crippen LogP contribution in [0.25, 0.3) is 0 Å². The fourth-order valence-corrected chi connectivity index (χ4v) is 2.57. The highest BCUT2D eigenvalue weighted by molar-refractivity contribution is 7.80. The molecule has 1 atom stereocenters. The molecule has 2 rings (SSSR count). The van der Waals surface area contributed by atoms with Crippen LogP contribution < -0.4 is 5.73 Å². The second-order valence-corrected chi connectivity index (χ2v) is 5.54. The first-order chi connectivity index (χ1) is 8.09. The summed E-state index contributed by atoms with van der Waals surface area (Å²) >= 11 is 5.01. The van der Waals surface area contributed by atoms with E-state index < -0.39 is 0 Å². The van der Waals surface area contributed by atoms with Crippen LogP contribution in [0, 0.1) is 5.92 Å². The molecule has 1 aliphatic carbocycles. The number of nitrogens with two attached hydrogens (primary N) is 1. The molecule has 1 amide bonds. The van der Waals surface area contributed by atoms with Crippen molar-refractivity contribution in [3.8, 4) is 0 Å². The van der Waals surface area contributed by atoms with E-state index in [1.54, 1.807) is 0 Å². The average Bonchev–Trinajstić information content (AvgIpc) is 2.25. The Balaban J connectivity index is 1.81. The summed E-state index contributed by atoms with van der Waals surface area (Å²) in [6, 6.07) is 0.144. The highest BCUT2D eigenvalue weighted by atomic mass is 32.1. The van der Waals surface area contributed by atoms with Gasteiger partial charge in [-0.3, -0.25) is 9.69 Å². The molecular formula is C12H21N3OS. The molecule has 0 bridgehead atoms. The Morgan fingerprint density at radius 2 is 1.88 bits per heavy atom. The zero-order chi connectivity index (χ0) is 12.4. The average molecular weight is 255 g/mol. The number of amides is 1. The van der Waals surface area contributed by atoms with Crippen LogP contribution in [0.4, 0.5) is 0 Å². The zero-order valence-corrected chi connectivity index (χ0v) is 11.2. The SMILES string of the molecule is CC(C(N)=S)N1CCN(C(=O)C2CCC2)CC1. The number of hydrogen-bond acceptors (Lipinski definition) is 3. The molecule has 5 heteroatoms. The van der Waals surface area contributed by atoms with Gasteiger partial charge in [-0.1, -0.05) is 18.6 Å². The van der Waals surface area contributed by atoms with E-state index in [0.29, 0.717) is 16.8 Å². The van der Waals surface area contributed by atoms with E-state index >= 15 is 0 Å². The standard InChI is InChI=1S/C12H21N3OS/c1-9(11(13)17)14-5-7-15(8-6-14)12(16)10-3-2-4-10/h9-10H,2-8H2,1H3,(H2,13,17). The van der Waals surface area contributed by atoms with E-state index in [1.165, 1.54) is 6.42 Å². The van der Waals surface area contributed by atoms with E-state index in [-0.39, 0.29) is 6.04 Å². The molecule has 0 radical (unpaired) electrons. The second kappa shape index (κ2) is 5.31. The van der Waals surface area contributed by atoms with Crippen molar-refractivity contribution in [1.29, 1.82) is 0 Å². The third-order valence-corrected chi connectivity index (χ3v) is 4.38. The Hall–Kier alpha value is -0.680. The fourth-order valence-electron chi connectivity index (χ4n) is 2.42. The van der Waals surface area contributed by atoms with E-state index in [1.807, 2.05) is 11.8 Å². The summed E-state index contributed by atoms with van der Waals surface area (Å²) in [6.07, 6.45) is 3.39. The molecule has 0 aromatic heterocycles. The molecule has 1 saturated carbocycles. The Morgan fingerprint density at radius 3 is 2.29 bits per heavy atom. The molecule has 96 valence electrons. The van der Waals surface area contributed by atoms with Crippen LogP contribution in [0.3, 0.4) is 0 Å². The van der Waals surface area contributed by atoms with E-state index in [0.717, 1.165) is 39.0 Å². The van der Waals surface area contributed by atoms with Crippen molar-refractivity contribution in [3.63, 3.8) is 0 Å². The van der Waals surface area contributed by atoms with Crippen LogP contribution in [-0.4, -0.2) is 52.9 Å². The lowest BCUT2D eigenvalue weighted by Crippen LogP contribution is -2.55. The minimum Gasteiger partial charge on any atom is -0.392 e. The van der Waals surface area contributed by atoms with Crippen molar-refractivity contribution < 1.29 is 4.79 Å². The highest BCUT2D eigenvalue weighted by Gasteiger charge is 2.32. The van der Waals surface area contributed by atoms with Gasteiger partial charge in [0.1, 0.15) is 0 Å². The van der Waals surface area contributed by atoms with Crippen molar-refractivity contribution in [3.05, 3.63) is 0 Å². The van der Waals surface area contributed by atoms with Gasteiger partial charge < -0.3 is 10.6 Å². The van der Waals surface area contributed by atoms with Gasteiger partial charge >= 0.3 is 0 Å². The summed E-state index contributed by atoms with van der Waals surface area (Å²) < 4.78 is 0. The third kappa shape index (κ3) is 2.77. The fraction of sp³-hybridized carbons (Fsp3) is 0.833. The summed E-state index contributed by atoms with van der Waals surface area (Å²) in [5.74, 6) is 0.674. The summed E-state index contributed by atoms with van der Waals surface area (Å²) in [7, 11) is 0. The minimum absolute atomic E-state index is 0.144. The Morgan fingerprint density at radius 1 is 1.29 bits per heavy atom. The number of carbonyl (C=O) groups excluding carboxylic acids is 1. The van der Waals surface area contributed by atoms with E-state index in [2.05, 4.69) is 4.90 Å². The van der Waals surface area contributed by atoms with Crippen LogP contribution in [0.15, 0.2) is 0 Å². The molecule has 0 spiro atoms. The lowest BCUT2D eigenvalue weighted by molar-refractivity contribution is -0.140. The summed E-state index contributed by atoms with van der Waals surface area (Å²) in [5, 5.41) is 0. The van der Waals surface area contributed by atoms with Gasteiger partial charge in [-0.2, -0.15) is 0 Å². The number of thiocarbonyl (C=S) groups is 1. The number of hydrogen-bond donors (Lipinski definition) is 1. The molecule has 17 heavy (non-hydrogen) atoms. The van der Waals surface area contributed by atoms with Crippen molar-refractivity contribution >= 4 is 23.1 Å². The predicted molar refractivity (Wildman–Crippen MR) is 71.7 cm³/mol. The molecule has 4 nitrogen and oxygen atoms in total. The largest absolute Gasteiger partial charge is 0.392 e. The second-order valence-electron chi connectivity index (χ2n) is 5.07. The van der Waals surface area contributed by atoms with E-state index in [4.69, 9.17) is 18.0 Å². The predicted octanol–water partition coefficient (Wildman–Crippen LogP) is 0.605. The van der Waals surface area contributed by atoms with Gasteiger partial charge in [-0.15, -0.1) is 0 Å². The summed E-state index contributed by atoms with van der Waals surface area (Å²) in [6.45, 7) is 5.45. The number of piperazine rings is 1. The maximum absolute atomic E-state index is 12.0. The molecule has 1 heterocycles. The zero-order valence-electron chi connectivity index (χ0n) is 10.4. The van der Waals surface area contributed by atoms with E-state index in [9.17, 15) is 4.79 Å². The lowest BCUT2D eigenvalue weighted by Gasteiger charge is -2.40. The van der Waals surface area contributed by atoms with Crippen LogP contribution in [0.5, 0.6) is 0 Å². The van der Waals surface area contributed by atoms with Gasteiger partial charge in [0.2, 0.25) is 5.91 Å². The molecule has 0 aromatic carbocycles. The molecule has 0 aromatic rings. The van der Waals surface area contributed by atoms with Gasteiger partial charge in [0.25, 0.3) is 0 Å². The third-order valence-electron chi connectivity index (χ3n) is 4.04. The Labute approximate surface area is 108 Å². The minimum atomic E-state index is 0.144. The van der Waals surface area contributed by atoms with Gasteiger partial charge in [-0.25, -0.2) is 0 Å². The van der Waals surface area contributed by atoms with Crippen molar-refractivity contribution in [2.45, 2.75) is 32.2 Å². The van der Waals surface area contributed by atoms with Crippen LogP contribution in [0.1, 0.15) is 26.2 Å². The topological polar surface area (TPSA) is 49.6 Å². The number of nitrogens with zero attached hydrogens (tertiary/aromatic N) is 2. The van der Waals surface area contributed by atoms with Crippen LogP contribution in [0.2, 0.25) is 0 Å². The molecule has 1 saturated heterocycles. The summed E-state index contributed by atoms with van der Waals surface area (Å²) in [5.41, 5.74) is 5.65. The number of rotatable bonds is 3. The monoisotopic (exact) mass is 255 g/mol. The van der Waals surface area contributed by atoms with Crippen LogP contribution in [-0.2, 0) is 4.79 Å². The maximum Gasteiger partial charge on any atom is 0.225 e. The first kappa shape index (κ1) is 12.8. The van der Waals surface area contributed by atoms with Crippen molar-refractivity contribution in [2.24, 2.45) is 11.7 Å². The van der Waals surface area contributed by atoms with Gasteiger partial charge in [0.05, 0.1) is 11.0 Å². The summed E-state index contributed by atoms with van der Waals surface area (Å²) in [4.78, 5) is 16.9. The van der Waals surface area contributed by atoms with Crippen LogP contribution >= 0.6 is 12.2 Å². The Kier molecular flexibility index (Phi) is 3.99. The molecule has 1 unspecified atom stereocenters. The first-order valence-electron chi connectivity index (χ1n) is 6.41. The molecule has 2 N–H and O–H groups in total. The maximum atomic E-state index is 12.0. The number of carbonyl (C=O) groups is 1. The lowest BCUT2D eigenvalue weighted by atomic mass is 9.84. The highest BCUT2D eigenvalue weighted by Crippen LogP contribution is 2.28. The molecule has 1 aliphatic heterocycles. The molecule has 2 aliphatic rings. The first-order valence-corrected chi connectivity index (χ1v) is 6.82. The van der Waals surface area contributed by atoms with Gasteiger partial charge in [0.15, 0.2) is 0 Å². The van der Waals surface area contributed by atoms with Gasteiger partial charge in [-0.05, 0) is 19.8 Å².